The molecule has 3 N–H and O–H groups in total. The predicted octanol–water partition coefficient (Wildman–Crippen LogP) is 0.182. The third-order valence-corrected chi connectivity index (χ3v) is 3.12. The van der Waals surface area contributed by atoms with Crippen LogP contribution in [0.4, 0.5) is 0 Å². The standard InChI is InChI=1S/C11H20N2O3/c1-3-9(11(15)16-2)13-10(14)7-5-4-6-8(7)12/h7-9H,3-6,12H2,1-2H3,(H,13,14). The number of hydrogen-bond donors (Lipinski definition) is 2. The molecule has 5 nitrogen and oxygen atoms in total. The number of carbonyl (C=O) groups excluding carboxylic acids is 2. The summed E-state index contributed by atoms with van der Waals surface area (Å²) in [6, 6.07) is -0.625. The number of carbonyl (C=O) groups is 2. The first kappa shape index (κ1) is 13.0. The lowest BCUT2D eigenvalue weighted by Gasteiger charge is -2.19. The summed E-state index contributed by atoms with van der Waals surface area (Å²) >= 11 is 0. The largest absolute Gasteiger partial charge is 0.467 e. The Kier molecular flexibility index (Phi) is 4.73. The number of nitrogens with one attached hydrogen (secondary N) is 1. The fourth-order valence-electron chi connectivity index (χ4n) is 2.06. The van der Waals surface area contributed by atoms with E-state index >= 15 is 0 Å². The van der Waals surface area contributed by atoms with Crippen LogP contribution in [0.1, 0.15) is 32.6 Å². The fourth-order valence-corrected chi connectivity index (χ4v) is 2.06. The number of hydrogen-bond acceptors (Lipinski definition) is 4. The van der Waals surface area contributed by atoms with Crippen LogP contribution in [0.3, 0.4) is 0 Å². The van der Waals surface area contributed by atoms with E-state index in [1.807, 2.05) is 6.92 Å². The second-order valence-corrected chi connectivity index (χ2v) is 4.19. The van der Waals surface area contributed by atoms with E-state index in [4.69, 9.17) is 5.73 Å². The summed E-state index contributed by atoms with van der Waals surface area (Å²) < 4.78 is 4.61. The molecule has 16 heavy (non-hydrogen) atoms. The Morgan fingerprint density at radius 3 is 2.62 bits per heavy atom. The van der Waals surface area contributed by atoms with E-state index in [0.29, 0.717) is 6.42 Å². The molecule has 0 aromatic heterocycles. The molecule has 0 aliphatic heterocycles. The summed E-state index contributed by atoms with van der Waals surface area (Å²) in [5.41, 5.74) is 5.83. The van der Waals surface area contributed by atoms with Gasteiger partial charge in [-0.05, 0) is 19.3 Å². The molecule has 0 radical (unpaired) electrons. The molecule has 0 aromatic rings. The SMILES string of the molecule is CCC(NC(=O)C1CCCC1N)C(=O)OC. The minimum Gasteiger partial charge on any atom is -0.467 e. The average Bonchev–Trinajstić information content (AvgIpc) is 2.71. The number of amides is 1. The van der Waals surface area contributed by atoms with E-state index in [-0.39, 0.29) is 17.9 Å². The van der Waals surface area contributed by atoms with Crippen molar-refractivity contribution in [3.63, 3.8) is 0 Å². The van der Waals surface area contributed by atoms with Crippen molar-refractivity contribution >= 4 is 11.9 Å². The lowest BCUT2D eigenvalue weighted by atomic mass is 10.0. The van der Waals surface area contributed by atoms with E-state index in [1.165, 1.54) is 7.11 Å². The van der Waals surface area contributed by atoms with E-state index in [1.54, 1.807) is 0 Å². The van der Waals surface area contributed by atoms with Gasteiger partial charge in [-0.3, -0.25) is 4.79 Å². The van der Waals surface area contributed by atoms with Gasteiger partial charge in [-0.25, -0.2) is 4.79 Å². The molecule has 1 aliphatic carbocycles. The second kappa shape index (κ2) is 5.84. The quantitative estimate of drug-likeness (QED) is 0.673. The summed E-state index contributed by atoms with van der Waals surface area (Å²) in [6.45, 7) is 1.83. The van der Waals surface area contributed by atoms with Gasteiger partial charge in [0.05, 0.1) is 13.0 Å². The number of esters is 1. The number of rotatable bonds is 4. The highest BCUT2D eigenvalue weighted by molar-refractivity contribution is 5.86. The van der Waals surface area contributed by atoms with E-state index in [9.17, 15) is 9.59 Å². The summed E-state index contributed by atoms with van der Waals surface area (Å²) in [7, 11) is 1.32. The molecule has 1 aliphatic rings. The first-order chi connectivity index (χ1) is 7.60. The van der Waals surface area contributed by atoms with Crippen molar-refractivity contribution in [3.05, 3.63) is 0 Å². The van der Waals surface area contributed by atoms with Gasteiger partial charge >= 0.3 is 5.97 Å². The van der Waals surface area contributed by atoms with Gasteiger partial charge in [-0.2, -0.15) is 0 Å². The molecule has 1 fully saturated rings. The number of ether oxygens (including phenoxy) is 1. The van der Waals surface area contributed by atoms with Crippen molar-refractivity contribution in [2.45, 2.75) is 44.7 Å². The van der Waals surface area contributed by atoms with Crippen LogP contribution in [0.5, 0.6) is 0 Å². The highest BCUT2D eigenvalue weighted by Gasteiger charge is 2.32. The normalized spacial score (nSPS) is 26.2. The van der Waals surface area contributed by atoms with E-state index < -0.39 is 12.0 Å². The molecule has 3 unspecified atom stereocenters. The Bertz CT molecular complexity index is 268. The number of nitrogens with two attached hydrogens (primary N) is 1. The van der Waals surface area contributed by atoms with Gasteiger partial charge in [0.2, 0.25) is 5.91 Å². The Morgan fingerprint density at radius 1 is 1.50 bits per heavy atom. The molecule has 0 aromatic carbocycles. The monoisotopic (exact) mass is 228 g/mol. The van der Waals surface area contributed by atoms with E-state index in [0.717, 1.165) is 19.3 Å². The average molecular weight is 228 g/mol. The molecule has 0 bridgehead atoms. The fraction of sp³-hybridized carbons (Fsp3) is 0.818. The van der Waals surface area contributed by atoms with Crippen molar-refractivity contribution in [2.75, 3.05) is 7.11 Å². The van der Waals surface area contributed by atoms with Crippen LogP contribution in [0.2, 0.25) is 0 Å². The number of methoxy groups -OCH3 is 1. The van der Waals surface area contributed by atoms with Crippen LogP contribution in [0, 0.1) is 5.92 Å². The molecular weight excluding hydrogens is 208 g/mol. The summed E-state index contributed by atoms with van der Waals surface area (Å²) in [5.74, 6) is -0.677. The highest BCUT2D eigenvalue weighted by atomic mass is 16.5. The first-order valence-electron chi connectivity index (χ1n) is 5.74. The Balaban J connectivity index is 2.51. The molecule has 92 valence electrons. The van der Waals surface area contributed by atoms with Gasteiger partial charge in [-0.1, -0.05) is 13.3 Å². The predicted molar refractivity (Wildman–Crippen MR) is 59.6 cm³/mol. The van der Waals surface area contributed by atoms with Crippen molar-refractivity contribution < 1.29 is 14.3 Å². The molecule has 1 saturated carbocycles. The van der Waals surface area contributed by atoms with Crippen molar-refractivity contribution in [2.24, 2.45) is 11.7 Å². The summed E-state index contributed by atoms with van der Waals surface area (Å²) in [6.07, 6.45) is 3.20. The molecule has 1 amide bonds. The van der Waals surface area contributed by atoms with Crippen LogP contribution in [-0.4, -0.2) is 31.1 Å². The van der Waals surface area contributed by atoms with Crippen LogP contribution in [0.25, 0.3) is 0 Å². The summed E-state index contributed by atoms with van der Waals surface area (Å²) in [4.78, 5) is 23.2. The van der Waals surface area contributed by atoms with Crippen LogP contribution in [-0.2, 0) is 14.3 Å². The Labute approximate surface area is 95.7 Å². The van der Waals surface area contributed by atoms with Crippen molar-refractivity contribution in [1.82, 2.24) is 5.32 Å². The molecular formula is C11H20N2O3. The molecule has 0 saturated heterocycles. The minimum atomic E-state index is -0.551. The highest BCUT2D eigenvalue weighted by Crippen LogP contribution is 2.24. The third kappa shape index (κ3) is 2.95. The van der Waals surface area contributed by atoms with Crippen molar-refractivity contribution in [3.8, 4) is 0 Å². The first-order valence-corrected chi connectivity index (χ1v) is 5.74. The maximum Gasteiger partial charge on any atom is 0.328 e. The second-order valence-electron chi connectivity index (χ2n) is 4.19. The Morgan fingerprint density at radius 2 is 2.19 bits per heavy atom. The topological polar surface area (TPSA) is 81.4 Å². The molecule has 0 heterocycles. The molecule has 1 rings (SSSR count). The van der Waals surface area contributed by atoms with Crippen LogP contribution in [0.15, 0.2) is 0 Å². The zero-order chi connectivity index (χ0) is 12.1. The molecule has 0 spiro atoms. The van der Waals surface area contributed by atoms with Gasteiger partial charge in [0, 0.05) is 6.04 Å². The maximum atomic E-state index is 11.8. The summed E-state index contributed by atoms with van der Waals surface area (Å²) in [5, 5.41) is 2.70. The minimum absolute atomic E-state index is 0.0739. The maximum absolute atomic E-state index is 11.8. The lowest BCUT2D eigenvalue weighted by Crippen LogP contribution is -2.46. The van der Waals surface area contributed by atoms with Crippen molar-refractivity contribution in [1.29, 1.82) is 0 Å². The zero-order valence-corrected chi connectivity index (χ0v) is 9.86. The smallest absolute Gasteiger partial charge is 0.328 e. The lowest BCUT2D eigenvalue weighted by molar-refractivity contribution is -0.145. The zero-order valence-electron chi connectivity index (χ0n) is 9.86. The van der Waals surface area contributed by atoms with Gasteiger partial charge in [0.15, 0.2) is 0 Å². The van der Waals surface area contributed by atoms with E-state index in [2.05, 4.69) is 10.1 Å². The molecule has 5 heteroatoms. The molecule has 3 atom stereocenters. The van der Waals surface area contributed by atoms with Gasteiger partial charge < -0.3 is 15.8 Å². The van der Waals surface area contributed by atoms with Gasteiger partial charge in [-0.15, -0.1) is 0 Å². The van der Waals surface area contributed by atoms with Crippen LogP contribution >= 0.6 is 0 Å². The van der Waals surface area contributed by atoms with Gasteiger partial charge in [0.25, 0.3) is 0 Å². The Hall–Kier alpha value is -1.10. The third-order valence-electron chi connectivity index (χ3n) is 3.12. The van der Waals surface area contributed by atoms with Crippen LogP contribution < -0.4 is 11.1 Å². The van der Waals surface area contributed by atoms with Gasteiger partial charge in [0.1, 0.15) is 6.04 Å².